The molecule has 1 fully saturated rings. The predicted molar refractivity (Wildman–Crippen MR) is 112 cm³/mol. The van der Waals surface area contributed by atoms with Crippen LogP contribution in [0, 0.1) is 0 Å². The zero-order valence-corrected chi connectivity index (χ0v) is 20.2. The standard InChI is InChI=1S/C13H21N6O12P3/c1-7(2)18-29-8-3-10(19-6-17-11-12(14)15-5-16-13(11)19)28-9(8)4-27-33(23,24)31-34(25,26)30-32(20,21)22/h5-6,8-10H,3-4H2,1-2H3,(H,23,24)(H,25,26)(H2,14,15,16)(H2,20,21,22)/t8-,9?,10-/m1/s1. The number of hydrogen-bond donors (Lipinski definition) is 5. The number of aromatic nitrogens is 4. The Morgan fingerprint density at radius 2 is 1.88 bits per heavy atom. The van der Waals surface area contributed by atoms with Gasteiger partial charge in [-0.2, -0.15) is 8.62 Å². The lowest BCUT2D eigenvalue weighted by atomic mass is 10.2. The van der Waals surface area contributed by atoms with E-state index in [9.17, 15) is 23.5 Å². The largest absolute Gasteiger partial charge is 0.490 e. The molecule has 2 aromatic heterocycles. The van der Waals surface area contributed by atoms with Gasteiger partial charge in [0, 0.05) is 6.42 Å². The van der Waals surface area contributed by atoms with Crippen molar-refractivity contribution in [3.8, 4) is 0 Å². The summed E-state index contributed by atoms with van der Waals surface area (Å²) >= 11 is 0. The Morgan fingerprint density at radius 1 is 1.18 bits per heavy atom. The van der Waals surface area contributed by atoms with Crippen molar-refractivity contribution in [2.24, 2.45) is 5.16 Å². The molecule has 190 valence electrons. The molecule has 1 saturated heterocycles. The fourth-order valence-electron chi connectivity index (χ4n) is 2.86. The van der Waals surface area contributed by atoms with Gasteiger partial charge in [0.25, 0.3) is 0 Å². The van der Waals surface area contributed by atoms with Crippen molar-refractivity contribution in [1.82, 2.24) is 19.5 Å². The SMILES string of the molecule is CC(C)=NO[C@@H]1C[C@H](n2cnc3c(N)ncnc32)OC1COP(=O)(O)OP(=O)(O)OP(=O)(O)O. The van der Waals surface area contributed by atoms with Gasteiger partial charge in [0.05, 0.1) is 18.6 Å². The van der Waals surface area contributed by atoms with Crippen molar-refractivity contribution in [3.05, 3.63) is 12.7 Å². The van der Waals surface area contributed by atoms with Crippen LogP contribution in [0.15, 0.2) is 17.8 Å². The first-order valence-electron chi connectivity index (χ1n) is 9.19. The maximum atomic E-state index is 12.0. The van der Waals surface area contributed by atoms with Gasteiger partial charge in [-0.25, -0.2) is 28.6 Å². The molecule has 6 N–H and O–H groups in total. The molecule has 5 atom stereocenters. The van der Waals surface area contributed by atoms with E-state index in [0.717, 1.165) is 0 Å². The molecular weight excluding hydrogens is 525 g/mol. The molecule has 3 rings (SSSR count). The van der Waals surface area contributed by atoms with Gasteiger partial charge in [0.1, 0.15) is 24.2 Å². The number of hydrogen-bond acceptors (Lipinski definition) is 13. The highest BCUT2D eigenvalue weighted by Gasteiger charge is 2.44. The summed E-state index contributed by atoms with van der Waals surface area (Å²) in [5, 5.41) is 3.85. The fraction of sp³-hybridized carbons (Fsp3) is 0.538. The number of fused-ring (bicyclic) bond motifs is 1. The topological polar surface area (TPSA) is 260 Å². The quantitative estimate of drug-likeness (QED) is 0.157. The Hall–Kier alpha value is -1.81. The van der Waals surface area contributed by atoms with Crippen molar-refractivity contribution in [2.45, 2.75) is 38.7 Å². The number of nitrogen functional groups attached to an aromatic ring is 1. The molecule has 0 aliphatic carbocycles. The second-order valence-corrected chi connectivity index (χ2v) is 11.4. The molecular formula is C13H21N6O12P3. The van der Waals surface area contributed by atoms with Crippen LogP contribution in [0.5, 0.6) is 0 Å². The summed E-state index contributed by atoms with van der Waals surface area (Å²) in [4.78, 5) is 53.7. The second kappa shape index (κ2) is 10.0. The minimum atomic E-state index is -5.66. The van der Waals surface area contributed by atoms with E-state index in [1.54, 1.807) is 13.8 Å². The molecule has 0 aromatic carbocycles. The molecule has 0 saturated carbocycles. The zero-order valence-electron chi connectivity index (χ0n) is 17.5. The van der Waals surface area contributed by atoms with Crippen molar-refractivity contribution in [1.29, 1.82) is 0 Å². The molecule has 3 heterocycles. The Balaban J connectivity index is 1.75. The third-order valence-electron chi connectivity index (χ3n) is 4.07. The van der Waals surface area contributed by atoms with Crippen LogP contribution in [-0.4, -0.2) is 63.6 Å². The molecule has 0 radical (unpaired) electrons. The van der Waals surface area contributed by atoms with E-state index in [2.05, 4.69) is 33.3 Å². The molecule has 2 aromatic rings. The van der Waals surface area contributed by atoms with Crippen LogP contribution in [0.2, 0.25) is 0 Å². The van der Waals surface area contributed by atoms with E-state index in [-0.39, 0.29) is 12.2 Å². The summed E-state index contributed by atoms with van der Waals surface area (Å²) in [5.41, 5.74) is 7.01. The number of nitrogens with two attached hydrogens (primary N) is 1. The average Bonchev–Trinajstić information content (AvgIpc) is 3.26. The molecule has 0 amide bonds. The minimum Gasteiger partial charge on any atom is -0.389 e. The van der Waals surface area contributed by atoms with E-state index < -0.39 is 48.5 Å². The monoisotopic (exact) mass is 546 g/mol. The van der Waals surface area contributed by atoms with Crippen LogP contribution in [0.4, 0.5) is 5.82 Å². The number of anilines is 1. The summed E-state index contributed by atoms with van der Waals surface area (Å²) < 4.78 is 53.7. The third kappa shape index (κ3) is 7.10. The molecule has 0 spiro atoms. The van der Waals surface area contributed by atoms with E-state index in [1.165, 1.54) is 17.2 Å². The van der Waals surface area contributed by atoms with Gasteiger partial charge in [0.15, 0.2) is 17.6 Å². The summed E-state index contributed by atoms with van der Waals surface area (Å²) in [7, 11) is -16.5. The van der Waals surface area contributed by atoms with Gasteiger partial charge in [-0.3, -0.25) is 9.09 Å². The number of phosphoric acid groups is 3. The lowest BCUT2D eigenvalue weighted by molar-refractivity contribution is -0.0586. The highest BCUT2D eigenvalue weighted by molar-refractivity contribution is 7.66. The zero-order chi connectivity index (χ0) is 25.3. The van der Waals surface area contributed by atoms with Gasteiger partial charge < -0.3 is 34.9 Å². The Kier molecular flexibility index (Phi) is 7.92. The van der Waals surface area contributed by atoms with Gasteiger partial charge in [0.2, 0.25) is 0 Å². The number of imidazole rings is 1. The van der Waals surface area contributed by atoms with Crippen molar-refractivity contribution < 1.29 is 56.0 Å². The van der Waals surface area contributed by atoms with E-state index >= 15 is 0 Å². The van der Waals surface area contributed by atoms with Gasteiger partial charge in [-0.05, 0) is 13.8 Å². The van der Waals surface area contributed by atoms with Crippen LogP contribution in [0.1, 0.15) is 26.5 Å². The molecule has 21 heteroatoms. The molecule has 18 nitrogen and oxygen atoms in total. The van der Waals surface area contributed by atoms with Crippen LogP contribution in [0.3, 0.4) is 0 Å². The number of rotatable bonds is 10. The molecule has 34 heavy (non-hydrogen) atoms. The van der Waals surface area contributed by atoms with Crippen molar-refractivity contribution in [3.63, 3.8) is 0 Å². The van der Waals surface area contributed by atoms with Crippen molar-refractivity contribution in [2.75, 3.05) is 12.3 Å². The number of phosphoric ester groups is 1. The van der Waals surface area contributed by atoms with Crippen LogP contribution in [0.25, 0.3) is 11.2 Å². The van der Waals surface area contributed by atoms with Gasteiger partial charge >= 0.3 is 23.5 Å². The lowest BCUT2D eigenvalue weighted by Gasteiger charge is -2.20. The first-order valence-corrected chi connectivity index (χ1v) is 13.7. The maximum Gasteiger partial charge on any atom is 0.490 e. The highest BCUT2D eigenvalue weighted by atomic mass is 31.3. The van der Waals surface area contributed by atoms with Crippen LogP contribution in [-0.2, 0) is 36.4 Å². The summed E-state index contributed by atoms with van der Waals surface area (Å²) in [6, 6.07) is 0. The Labute approximate surface area is 191 Å². The van der Waals surface area contributed by atoms with Crippen LogP contribution >= 0.6 is 23.5 Å². The highest BCUT2D eigenvalue weighted by Crippen LogP contribution is 2.66. The number of nitrogens with zero attached hydrogens (tertiary/aromatic N) is 5. The maximum absolute atomic E-state index is 12.0. The summed E-state index contributed by atoms with van der Waals surface area (Å²) in [6.45, 7) is 2.61. The van der Waals surface area contributed by atoms with E-state index in [0.29, 0.717) is 16.9 Å². The minimum absolute atomic E-state index is 0.143. The number of ether oxygens (including phenoxy) is 1. The molecule has 1 aliphatic heterocycles. The lowest BCUT2D eigenvalue weighted by Crippen LogP contribution is -2.28. The van der Waals surface area contributed by atoms with Gasteiger partial charge in [-0.1, -0.05) is 5.16 Å². The van der Waals surface area contributed by atoms with Crippen LogP contribution < -0.4 is 5.73 Å². The fourth-order valence-corrected chi connectivity index (χ4v) is 5.89. The average molecular weight is 546 g/mol. The molecule has 3 unspecified atom stereocenters. The first kappa shape index (κ1) is 26.8. The van der Waals surface area contributed by atoms with E-state index in [4.69, 9.17) is 25.1 Å². The predicted octanol–water partition coefficient (Wildman–Crippen LogP) is 0.820. The first-order chi connectivity index (χ1) is 15.7. The van der Waals surface area contributed by atoms with Crippen molar-refractivity contribution >= 4 is 46.2 Å². The summed E-state index contributed by atoms with van der Waals surface area (Å²) in [6.07, 6.45) is 0.133. The third-order valence-corrected chi connectivity index (χ3v) is 7.87. The normalized spacial score (nSPS) is 24.5. The van der Waals surface area contributed by atoms with Gasteiger partial charge in [-0.15, -0.1) is 0 Å². The van der Waals surface area contributed by atoms with E-state index in [1.807, 2.05) is 0 Å². The molecule has 1 aliphatic rings. The summed E-state index contributed by atoms with van der Waals surface area (Å²) in [5.74, 6) is 0.143. The molecule has 0 bridgehead atoms. The smallest absolute Gasteiger partial charge is 0.389 e. The number of oxime groups is 1. The Bertz CT molecular complexity index is 1210. The Morgan fingerprint density at radius 3 is 2.53 bits per heavy atom. The second-order valence-electron chi connectivity index (χ2n) is 7.02.